The van der Waals surface area contributed by atoms with Crippen LogP contribution in [0.2, 0.25) is 0 Å². The van der Waals surface area contributed by atoms with Gasteiger partial charge in [0, 0.05) is 37.8 Å². The molecule has 5 nitrogen and oxygen atoms in total. The van der Waals surface area contributed by atoms with E-state index in [1.54, 1.807) is 12.4 Å². The Morgan fingerprint density at radius 2 is 1.88 bits per heavy atom. The summed E-state index contributed by atoms with van der Waals surface area (Å²) in [6.07, 6.45) is 5.76. The molecule has 0 aromatic carbocycles. The van der Waals surface area contributed by atoms with Gasteiger partial charge in [-0.2, -0.15) is 0 Å². The van der Waals surface area contributed by atoms with E-state index in [1.807, 2.05) is 4.90 Å². The van der Waals surface area contributed by atoms with Crippen LogP contribution in [0.3, 0.4) is 0 Å². The number of rotatable bonds is 2. The minimum Gasteiger partial charge on any atom is -0.341 e. The Balaban J connectivity index is 2.01. The first-order valence-electron chi connectivity index (χ1n) is 5.19. The van der Waals surface area contributed by atoms with E-state index in [0.29, 0.717) is 31.9 Å². The molecule has 1 saturated heterocycles. The summed E-state index contributed by atoms with van der Waals surface area (Å²) in [5, 5.41) is -0.209. The van der Waals surface area contributed by atoms with Crippen molar-refractivity contribution in [1.29, 1.82) is 0 Å². The lowest BCUT2D eigenvalue weighted by molar-refractivity contribution is 0.529. The van der Waals surface area contributed by atoms with Crippen molar-refractivity contribution in [2.24, 2.45) is 0 Å². The van der Waals surface area contributed by atoms with Gasteiger partial charge in [0.05, 0.1) is 5.25 Å². The molecular formula is C10H14N3O2S. The van der Waals surface area contributed by atoms with E-state index in [1.165, 1.54) is 6.26 Å². The van der Waals surface area contributed by atoms with Crippen LogP contribution in [-0.4, -0.2) is 43.0 Å². The van der Waals surface area contributed by atoms with Crippen molar-refractivity contribution in [2.45, 2.75) is 18.1 Å². The van der Waals surface area contributed by atoms with Crippen LogP contribution >= 0.6 is 0 Å². The fourth-order valence-corrected chi connectivity index (χ4v) is 2.97. The molecule has 0 unspecified atom stereocenters. The molecule has 6 heteroatoms. The quantitative estimate of drug-likeness (QED) is 0.743. The normalized spacial score (nSPS) is 18.7. The molecular weight excluding hydrogens is 226 g/mol. The highest BCUT2D eigenvalue weighted by Crippen LogP contribution is 2.19. The highest BCUT2D eigenvalue weighted by atomic mass is 32.2. The van der Waals surface area contributed by atoms with Crippen LogP contribution in [0.4, 0.5) is 5.95 Å². The molecule has 1 aromatic rings. The van der Waals surface area contributed by atoms with E-state index in [-0.39, 0.29) is 5.25 Å². The van der Waals surface area contributed by atoms with Crippen molar-refractivity contribution in [1.82, 2.24) is 9.97 Å². The van der Waals surface area contributed by atoms with E-state index < -0.39 is 9.84 Å². The largest absolute Gasteiger partial charge is 0.341 e. The molecule has 0 saturated carbocycles. The lowest BCUT2D eigenvalue weighted by atomic mass is 10.1. The van der Waals surface area contributed by atoms with Crippen molar-refractivity contribution in [3.63, 3.8) is 0 Å². The summed E-state index contributed by atoms with van der Waals surface area (Å²) >= 11 is 0. The lowest BCUT2D eigenvalue weighted by Gasteiger charge is -2.30. The van der Waals surface area contributed by atoms with Gasteiger partial charge < -0.3 is 4.90 Å². The van der Waals surface area contributed by atoms with Crippen LogP contribution in [-0.2, 0) is 9.84 Å². The van der Waals surface area contributed by atoms with Gasteiger partial charge in [-0.15, -0.1) is 0 Å². The summed E-state index contributed by atoms with van der Waals surface area (Å²) in [7, 11) is -2.91. The third-order valence-corrected chi connectivity index (χ3v) is 4.52. The van der Waals surface area contributed by atoms with Gasteiger partial charge in [-0.05, 0) is 12.8 Å². The number of sulfone groups is 1. The molecule has 2 rings (SSSR count). The zero-order valence-electron chi connectivity index (χ0n) is 9.13. The van der Waals surface area contributed by atoms with Gasteiger partial charge >= 0.3 is 0 Å². The molecule has 2 heterocycles. The van der Waals surface area contributed by atoms with Gasteiger partial charge in [0.1, 0.15) is 9.84 Å². The summed E-state index contributed by atoms with van der Waals surface area (Å²) < 4.78 is 22.7. The predicted molar refractivity (Wildman–Crippen MR) is 60.9 cm³/mol. The number of hydrogen-bond donors (Lipinski definition) is 0. The average Bonchev–Trinajstić information content (AvgIpc) is 2.29. The third kappa shape index (κ3) is 2.49. The van der Waals surface area contributed by atoms with E-state index in [9.17, 15) is 8.42 Å². The van der Waals surface area contributed by atoms with Crippen LogP contribution in [0.15, 0.2) is 12.4 Å². The van der Waals surface area contributed by atoms with Crippen molar-refractivity contribution < 1.29 is 8.42 Å². The minimum absolute atomic E-state index is 0.209. The van der Waals surface area contributed by atoms with Gasteiger partial charge in [-0.25, -0.2) is 18.4 Å². The Morgan fingerprint density at radius 1 is 1.31 bits per heavy atom. The summed E-state index contributed by atoms with van der Waals surface area (Å²) in [5.74, 6) is 0.658. The van der Waals surface area contributed by atoms with Gasteiger partial charge in [-0.1, -0.05) is 0 Å². The fraction of sp³-hybridized carbons (Fsp3) is 0.600. The maximum Gasteiger partial charge on any atom is 0.225 e. The predicted octanol–water partition coefficient (Wildman–Crippen LogP) is 0.290. The van der Waals surface area contributed by atoms with E-state index in [2.05, 4.69) is 16.0 Å². The Bertz CT molecular complexity index is 438. The van der Waals surface area contributed by atoms with Gasteiger partial charge in [0.25, 0.3) is 0 Å². The molecule has 1 aliphatic rings. The topological polar surface area (TPSA) is 63.2 Å². The smallest absolute Gasteiger partial charge is 0.225 e. The molecule has 0 amide bonds. The van der Waals surface area contributed by atoms with E-state index >= 15 is 0 Å². The second-order valence-electron chi connectivity index (χ2n) is 4.00. The lowest BCUT2D eigenvalue weighted by Crippen LogP contribution is -2.39. The second kappa shape index (κ2) is 4.37. The molecule has 1 aromatic heterocycles. The summed E-state index contributed by atoms with van der Waals surface area (Å²) in [6.45, 7) is 1.39. The molecule has 0 bridgehead atoms. The van der Waals surface area contributed by atoms with Crippen molar-refractivity contribution in [3.8, 4) is 0 Å². The van der Waals surface area contributed by atoms with Gasteiger partial charge in [0.15, 0.2) is 0 Å². The number of nitrogens with zero attached hydrogens (tertiary/aromatic N) is 3. The Morgan fingerprint density at radius 3 is 2.38 bits per heavy atom. The van der Waals surface area contributed by atoms with Crippen LogP contribution in [0.1, 0.15) is 12.8 Å². The molecule has 16 heavy (non-hydrogen) atoms. The highest BCUT2D eigenvalue weighted by molar-refractivity contribution is 7.91. The maximum atomic E-state index is 11.4. The second-order valence-corrected chi connectivity index (χ2v) is 6.32. The third-order valence-electron chi connectivity index (χ3n) is 2.84. The fourth-order valence-electron chi connectivity index (χ4n) is 1.90. The number of anilines is 1. The zero-order chi connectivity index (χ0) is 11.6. The van der Waals surface area contributed by atoms with E-state index in [0.717, 1.165) is 0 Å². The van der Waals surface area contributed by atoms with Crippen LogP contribution in [0.5, 0.6) is 0 Å². The van der Waals surface area contributed by atoms with Gasteiger partial charge in [-0.3, -0.25) is 0 Å². The van der Waals surface area contributed by atoms with Crippen molar-refractivity contribution >= 4 is 15.8 Å². The molecule has 1 fully saturated rings. The highest BCUT2D eigenvalue weighted by Gasteiger charge is 2.27. The molecule has 0 aliphatic carbocycles. The SMILES string of the molecule is CS(=O)(=O)C1CCN(c2nc[c]cn2)CC1. The Kier molecular flexibility index (Phi) is 3.09. The first kappa shape index (κ1) is 11.3. The van der Waals surface area contributed by atoms with Crippen molar-refractivity contribution in [3.05, 3.63) is 18.5 Å². The Labute approximate surface area is 95.4 Å². The van der Waals surface area contributed by atoms with Crippen LogP contribution in [0.25, 0.3) is 0 Å². The average molecular weight is 240 g/mol. The first-order valence-corrected chi connectivity index (χ1v) is 7.15. The number of hydrogen-bond acceptors (Lipinski definition) is 5. The first-order chi connectivity index (χ1) is 7.57. The Hall–Kier alpha value is -1.17. The monoisotopic (exact) mass is 240 g/mol. The maximum absolute atomic E-state index is 11.4. The number of aromatic nitrogens is 2. The van der Waals surface area contributed by atoms with Crippen molar-refractivity contribution in [2.75, 3.05) is 24.2 Å². The molecule has 1 aliphatic heterocycles. The van der Waals surface area contributed by atoms with Crippen LogP contribution < -0.4 is 4.90 Å². The molecule has 0 N–H and O–H groups in total. The summed E-state index contributed by atoms with van der Waals surface area (Å²) in [4.78, 5) is 10.2. The molecule has 0 spiro atoms. The summed E-state index contributed by atoms with van der Waals surface area (Å²) in [5.41, 5.74) is 0. The number of piperidine rings is 1. The molecule has 87 valence electrons. The molecule has 1 radical (unpaired) electrons. The van der Waals surface area contributed by atoms with Crippen LogP contribution in [0, 0.1) is 6.07 Å². The zero-order valence-corrected chi connectivity index (χ0v) is 9.94. The molecule has 0 atom stereocenters. The summed E-state index contributed by atoms with van der Waals surface area (Å²) in [6, 6.07) is 2.76. The van der Waals surface area contributed by atoms with E-state index in [4.69, 9.17) is 0 Å². The van der Waals surface area contributed by atoms with Gasteiger partial charge in [0.2, 0.25) is 5.95 Å². The minimum atomic E-state index is -2.91. The standard InChI is InChI=1S/C10H14N3O2S/c1-16(14,15)9-3-7-13(8-4-9)10-11-5-2-6-12-10/h5-6,9H,3-4,7-8H2,1H3.